The smallest absolute Gasteiger partial charge is 0.408 e. The summed E-state index contributed by atoms with van der Waals surface area (Å²) in [6.07, 6.45) is -0.699. The number of alkyl carbamates (subject to hydrolysis) is 1. The lowest BCUT2D eigenvalue weighted by molar-refractivity contribution is -0.144. The first-order chi connectivity index (χ1) is 16.6. The van der Waals surface area contributed by atoms with Crippen molar-refractivity contribution in [3.63, 3.8) is 0 Å². The Balaban J connectivity index is 2.45. The van der Waals surface area contributed by atoms with Crippen LogP contribution in [0.3, 0.4) is 0 Å². The fourth-order valence-corrected chi connectivity index (χ4v) is 3.87. The van der Waals surface area contributed by atoms with Gasteiger partial charge in [-0.3, -0.25) is 9.59 Å². The standard InChI is InChI=1S/C28H39N3O5/c1-18-10-15-22(19(2)16-18)24(25(33)30-20-11-13-21(35-9)14-12-20)31(27(3,4)5)23(32)17-29-26(34)36-28(6,7)8/h10-16,24H,17H2,1-9H3,(H,29,34)(H,30,33). The topological polar surface area (TPSA) is 97.0 Å². The summed E-state index contributed by atoms with van der Waals surface area (Å²) in [6, 6.07) is 11.8. The predicted molar refractivity (Wildman–Crippen MR) is 141 cm³/mol. The molecular weight excluding hydrogens is 458 g/mol. The van der Waals surface area contributed by atoms with Crippen molar-refractivity contribution in [3.05, 3.63) is 59.2 Å². The first-order valence-corrected chi connectivity index (χ1v) is 11.9. The highest BCUT2D eigenvalue weighted by Gasteiger charge is 2.39. The van der Waals surface area contributed by atoms with E-state index in [0.29, 0.717) is 17.0 Å². The largest absolute Gasteiger partial charge is 0.497 e. The predicted octanol–water partition coefficient (Wildman–Crippen LogP) is 5.14. The van der Waals surface area contributed by atoms with Crippen molar-refractivity contribution >= 4 is 23.6 Å². The summed E-state index contributed by atoms with van der Waals surface area (Å²) in [4.78, 5) is 41.0. The van der Waals surface area contributed by atoms with E-state index in [1.165, 1.54) is 4.90 Å². The molecule has 1 atom stereocenters. The van der Waals surface area contributed by atoms with Crippen molar-refractivity contribution in [1.29, 1.82) is 0 Å². The molecular formula is C28H39N3O5. The normalized spacial score (nSPS) is 12.4. The van der Waals surface area contributed by atoms with Crippen molar-refractivity contribution in [2.75, 3.05) is 19.0 Å². The van der Waals surface area contributed by atoms with Gasteiger partial charge in [0, 0.05) is 11.2 Å². The Morgan fingerprint density at radius 1 is 0.944 bits per heavy atom. The fraction of sp³-hybridized carbons (Fsp3) is 0.464. The van der Waals surface area contributed by atoms with Crippen molar-refractivity contribution in [2.24, 2.45) is 0 Å². The molecule has 0 radical (unpaired) electrons. The van der Waals surface area contributed by atoms with Gasteiger partial charge in [0.25, 0.3) is 5.91 Å². The van der Waals surface area contributed by atoms with Crippen LogP contribution in [-0.2, 0) is 14.3 Å². The van der Waals surface area contributed by atoms with Gasteiger partial charge in [0.1, 0.15) is 23.9 Å². The highest BCUT2D eigenvalue weighted by Crippen LogP contribution is 2.32. The second kappa shape index (κ2) is 11.5. The van der Waals surface area contributed by atoms with Crippen molar-refractivity contribution in [3.8, 4) is 5.75 Å². The average molecular weight is 498 g/mol. The minimum atomic E-state index is -0.944. The molecule has 2 rings (SSSR count). The summed E-state index contributed by atoms with van der Waals surface area (Å²) in [5.74, 6) is -0.116. The Kier molecular flexibility index (Phi) is 9.13. The molecule has 0 spiro atoms. The van der Waals surface area contributed by atoms with E-state index >= 15 is 0 Å². The highest BCUT2D eigenvalue weighted by atomic mass is 16.6. The Bertz CT molecular complexity index is 1080. The van der Waals surface area contributed by atoms with Crippen LogP contribution in [0, 0.1) is 13.8 Å². The van der Waals surface area contributed by atoms with Crippen molar-refractivity contribution < 1.29 is 23.9 Å². The second-order valence-electron chi connectivity index (χ2n) is 10.8. The third kappa shape index (κ3) is 8.00. The lowest BCUT2D eigenvalue weighted by Crippen LogP contribution is -2.54. The molecule has 0 aliphatic heterocycles. The minimum Gasteiger partial charge on any atom is -0.497 e. The van der Waals surface area contributed by atoms with Gasteiger partial charge in [-0.2, -0.15) is 0 Å². The Labute approximate surface area is 214 Å². The van der Waals surface area contributed by atoms with Gasteiger partial charge in [0.2, 0.25) is 5.91 Å². The number of hydrogen-bond acceptors (Lipinski definition) is 5. The number of methoxy groups -OCH3 is 1. The number of amides is 3. The lowest BCUT2D eigenvalue weighted by atomic mass is 9.93. The van der Waals surface area contributed by atoms with E-state index in [-0.39, 0.29) is 12.5 Å². The van der Waals surface area contributed by atoms with Gasteiger partial charge in [0.15, 0.2) is 0 Å². The van der Waals surface area contributed by atoms with E-state index in [4.69, 9.17) is 9.47 Å². The number of rotatable bonds is 7. The lowest BCUT2D eigenvalue weighted by Gasteiger charge is -2.41. The Hall–Kier alpha value is -3.55. The van der Waals surface area contributed by atoms with E-state index in [1.54, 1.807) is 52.1 Å². The van der Waals surface area contributed by atoms with Crippen LogP contribution < -0.4 is 15.4 Å². The number of hydrogen-bond donors (Lipinski definition) is 2. The molecule has 8 heteroatoms. The van der Waals surface area contributed by atoms with Crippen LogP contribution in [0.5, 0.6) is 5.75 Å². The van der Waals surface area contributed by atoms with Gasteiger partial charge in [-0.25, -0.2) is 4.79 Å². The molecule has 0 aliphatic rings. The molecule has 0 bridgehead atoms. The van der Waals surface area contributed by atoms with E-state index in [9.17, 15) is 14.4 Å². The average Bonchev–Trinajstić information content (AvgIpc) is 2.74. The molecule has 0 aliphatic carbocycles. The Morgan fingerprint density at radius 3 is 2.06 bits per heavy atom. The van der Waals surface area contributed by atoms with Crippen LogP contribution in [0.1, 0.15) is 64.3 Å². The molecule has 36 heavy (non-hydrogen) atoms. The summed E-state index contributed by atoms with van der Waals surface area (Å²) in [5, 5.41) is 5.46. The molecule has 0 saturated carbocycles. The number of ether oxygens (including phenoxy) is 2. The van der Waals surface area contributed by atoms with Crippen molar-refractivity contribution in [2.45, 2.75) is 72.6 Å². The van der Waals surface area contributed by atoms with E-state index in [1.807, 2.05) is 52.8 Å². The maximum Gasteiger partial charge on any atom is 0.408 e. The maximum absolute atomic E-state index is 13.8. The number of carbonyl (C=O) groups excluding carboxylic acids is 3. The van der Waals surface area contributed by atoms with Crippen LogP contribution >= 0.6 is 0 Å². The molecule has 2 N–H and O–H groups in total. The first-order valence-electron chi connectivity index (χ1n) is 11.9. The maximum atomic E-state index is 13.8. The summed E-state index contributed by atoms with van der Waals surface area (Å²) in [5.41, 5.74) is 1.76. The number of benzene rings is 2. The number of nitrogens with one attached hydrogen (secondary N) is 2. The van der Waals surface area contributed by atoms with Crippen LogP contribution in [0.15, 0.2) is 42.5 Å². The van der Waals surface area contributed by atoms with Crippen LogP contribution in [0.4, 0.5) is 10.5 Å². The number of carbonyl (C=O) groups is 3. The molecule has 1 unspecified atom stereocenters. The summed E-state index contributed by atoms with van der Waals surface area (Å²) < 4.78 is 10.5. The molecule has 2 aromatic carbocycles. The van der Waals surface area contributed by atoms with E-state index in [0.717, 1.165) is 11.1 Å². The van der Waals surface area contributed by atoms with Gasteiger partial charge >= 0.3 is 6.09 Å². The van der Waals surface area contributed by atoms with Crippen LogP contribution in [0.25, 0.3) is 0 Å². The SMILES string of the molecule is COc1ccc(NC(=O)C(c2ccc(C)cc2C)N(C(=O)CNC(=O)OC(C)(C)C)C(C)(C)C)cc1. The molecule has 8 nitrogen and oxygen atoms in total. The van der Waals surface area contributed by atoms with Gasteiger partial charge in [0.05, 0.1) is 7.11 Å². The second-order valence-corrected chi connectivity index (χ2v) is 10.8. The molecule has 196 valence electrons. The molecule has 0 fully saturated rings. The monoisotopic (exact) mass is 497 g/mol. The first kappa shape index (κ1) is 28.7. The van der Waals surface area contributed by atoms with Gasteiger partial charge < -0.3 is 25.0 Å². The number of aryl methyl sites for hydroxylation is 2. The van der Waals surface area contributed by atoms with E-state index < -0.39 is 29.2 Å². The molecule has 0 aromatic heterocycles. The molecule has 0 heterocycles. The van der Waals surface area contributed by atoms with E-state index in [2.05, 4.69) is 10.6 Å². The molecule has 2 aromatic rings. The quantitative estimate of drug-likeness (QED) is 0.552. The molecule has 3 amide bonds. The summed E-state index contributed by atoms with van der Waals surface area (Å²) in [6.45, 7) is 14.4. The Morgan fingerprint density at radius 2 is 1.56 bits per heavy atom. The summed E-state index contributed by atoms with van der Waals surface area (Å²) in [7, 11) is 1.57. The van der Waals surface area contributed by atoms with Gasteiger partial charge in [-0.05, 0) is 90.8 Å². The van der Waals surface area contributed by atoms with Gasteiger partial charge in [-0.1, -0.05) is 23.8 Å². The molecule has 0 saturated heterocycles. The van der Waals surface area contributed by atoms with Crippen LogP contribution in [0.2, 0.25) is 0 Å². The minimum absolute atomic E-state index is 0.316. The zero-order valence-corrected chi connectivity index (χ0v) is 22.8. The zero-order valence-electron chi connectivity index (χ0n) is 22.8. The third-order valence-corrected chi connectivity index (χ3v) is 5.36. The van der Waals surface area contributed by atoms with Crippen LogP contribution in [-0.4, -0.2) is 47.6 Å². The third-order valence-electron chi connectivity index (χ3n) is 5.36. The highest BCUT2D eigenvalue weighted by molar-refractivity contribution is 5.99. The van der Waals surface area contributed by atoms with Crippen molar-refractivity contribution in [1.82, 2.24) is 10.2 Å². The summed E-state index contributed by atoms with van der Waals surface area (Å²) >= 11 is 0. The number of nitrogens with zero attached hydrogens (tertiary/aromatic N) is 1. The fourth-order valence-electron chi connectivity index (χ4n) is 3.87. The number of anilines is 1. The zero-order chi connectivity index (χ0) is 27.3. The van der Waals surface area contributed by atoms with Gasteiger partial charge in [-0.15, -0.1) is 0 Å².